The minimum atomic E-state index is 0. The van der Waals surface area contributed by atoms with Gasteiger partial charge in [0.1, 0.15) is 5.75 Å². The van der Waals surface area contributed by atoms with Crippen LogP contribution in [0.2, 0.25) is 0 Å². The van der Waals surface area contributed by atoms with E-state index in [1.54, 1.807) is 6.07 Å². The van der Waals surface area contributed by atoms with Crippen LogP contribution in [0.25, 0.3) is 10.9 Å². The number of rotatable bonds is 5. The van der Waals surface area contributed by atoms with Gasteiger partial charge in [-0.05, 0) is 37.1 Å². The van der Waals surface area contributed by atoms with Crippen molar-refractivity contribution in [2.24, 2.45) is 4.99 Å². The SMILES string of the molecule is CCNC(=NCCc1c[nH]c2ccccc12)N1CCN(c2ccccc2O)CC1.I. The van der Waals surface area contributed by atoms with Gasteiger partial charge in [0, 0.05) is 56.4 Å². The molecule has 0 radical (unpaired) electrons. The lowest BCUT2D eigenvalue weighted by atomic mass is 10.1. The molecule has 4 rings (SSSR count). The number of para-hydroxylation sites is 3. The Labute approximate surface area is 195 Å². The van der Waals surface area contributed by atoms with E-state index in [0.29, 0.717) is 5.75 Å². The maximum Gasteiger partial charge on any atom is 0.194 e. The average Bonchev–Trinajstić information content (AvgIpc) is 3.17. The fourth-order valence-corrected chi connectivity index (χ4v) is 3.94. The first-order valence-corrected chi connectivity index (χ1v) is 10.4. The van der Waals surface area contributed by atoms with Crippen LogP contribution in [0.15, 0.2) is 59.7 Å². The Balaban J connectivity index is 0.00000256. The molecule has 2 heterocycles. The monoisotopic (exact) mass is 519 g/mol. The molecule has 0 spiro atoms. The minimum Gasteiger partial charge on any atom is -0.506 e. The molecule has 0 atom stereocenters. The van der Waals surface area contributed by atoms with E-state index >= 15 is 0 Å². The molecule has 1 saturated heterocycles. The first-order valence-electron chi connectivity index (χ1n) is 10.4. The summed E-state index contributed by atoms with van der Waals surface area (Å²) in [5, 5.41) is 14.8. The van der Waals surface area contributed by atoms with Crippen molar-refractivity contribution in [3.63, 3.8) is 0 Å². The molecule has 1 aromatic heterocycles. The molecule has 1 fully saturated rings. The van der Waals surface area contributed by atoms with Crippen LogP contribution in [0.4, 0.5) is 5.69 Å². The normalized spacial score (nSPS) is 14.6. The fourth-order valence-electron chi connectivity index (χ4n) is 3.94. The maximum absolute atomic E-state index is 10.1. The van der Waals surface area contributed by atoms with Gasteiger partial charge in [-0.2, -0.15) is 0 Å². The van der Waals surface area contributed by atoms with E-state index in [4.69, 9.17) is 4.99 Å². The molecular weight excluding hydrogens is 489 g/mol. The molecule has 0 saturated carbocycles. The highest BCUT2D eigenvalue weighted by Gasteiger charge is 2.21. The molecule has 0 bridgehead atoms. The number of nitrogens with one attached hydrogen (secondary N) is 2. The third-order valence-corrected chi connectivity index (χ3v) is 5.45. The Morgan fingerprint density at radius 2 is 1.80 bits per heavy atom. The summed E-state index contributed by atoms with van der Waals surface area (Å²) < 4.78 is 0. The van der Waals surface area contributed by atoms with Crippen LogP contribution in [0.1, 0.15) is 12.5 Å². The number of hydrogen-bond acceptors (Lipinski definition) is 3. The summed E-state index contributed by atoms with van der Waals surface area (Å²) in [5.74, 6) is 1.32. The smallest absolute Gasteiger partial charge is 0.194 e. The van der Waals surface area contributed by atoms with Crippen molar-refractivity contribution in [2.45, 2.75) is 13.3 Å². The second-order valence-electron chi connectivity index (χ2n) is 7.31. The van der Waals surface area contributed by atoms with E-state index in [2.05, 4.69) is 57.5 Å². The number of aliphatic imine (C=N–C) groups is 1. The van der Waals surface area contributed by atoms with Gasteiger partial charge in [0.25, 0.3) is 0 Å². The maximum atomic E-state index is 10.1. The van der Waals surface area contributed by atoms with Crippen molar-refractivity contribution in [3.8, 4) is 5.75 Å². The average molecular weight is 519 g/mol. The van der Waals surface area contributed by atoms with E-state index in [0.717, 1.165) is 57.3 Å². The number of phenols is 1. The van der Waals surface area contributed by atoms with E-state index in [-0.39, 0.29) is 24.0 Å². The molecule has 0 unspecified atom stereocenters. The minimum absolute atomic E-state index is 0. The molecule has 7 heteroatoms. The number of benzene rings is 2. The number of nitrogens with zero attached hydrogens (tertiary/aromatic N) is 3. The van der Waals surface area contributed by atoms with E-state index < -0.39 is 0 Å². The van der Waals surface area contributed by atoms with Crippen molar-refractivity contribution >= 4 is 46.5 Å². The molecule has 3 N–H and O–H groups in total. The highest BCUT2D eigenvalue weighted by Crippen LogP contribution is 2.27. The summed E-state index contributed by atoms with van der Waals surface area (Å²) in [6.07, 6.45) is 3.01. The van der Waals surface area contributed by atoms with Gasteiger partial charge in [-0.25, -0.2) is 0 Å². The van der Waals surface area contributed by atoms with E-state index in [1.165, 1.54) is 16.5 Å². The fraction of sp³-hybridized carbons (Fsp3) is 0.348. The number of aromatic amines is 1. The number of aromatic hydroxyl groups is 1. The molecular formula is C23H30IN5O. The first kappa shape index (κ1) is 22.3. The Morgan fingerprint density at radius 1 is 1.07 bits per heavy atom. The number of hydrogen-bond donors (Lipinski definition) is 3. The van der Waals surface area contributed by atoms with Crippen molar-refractivity contribution in [3.05, 3.63) is 60.3 Å². The first-order chi connectivity index (χ1) is 14.3. The van der Waals surface area contributed by atoms with Gasteiger partial charge in [-0.1, -0.05) is 30.3 Å². The Bertz CT molecular complexity index is 978. The summed E-state index contributed by atoms with van der Waals surface area (Å²) >= 11 is 0. The summed E-state index contributed by atoms with van der Waals surface area (Å²) in [6.45, 7) is 7.21. The number of H-pyrrole nitrogens is 1. The van der Waals surface area contributed by atoms with Gasteiger partial charge < -0.3 is 25.2 Å². The summed E-state index contributed by atoms with van der Waals surface area (Å²) in [7, 11) is 0. The molecule has 3 aromatic rings. The number of fused-ring (bicyclic) bond motifs is 1. The van der Waals surface area contributed by atoms with Gasteiger partial charge in [-0.3, -0.25) is 4.99 Å². The largest absolute Gasteiger partial charge is 0.506 e. The van der Waals surface area contributed by atoms with Gasteiger partial charge in [-0.15, -0.1) is 24.0 Å². The second-order valence-corrected chi connectivity index (χ2v) is 7.31. The quantitative estimate of drug-likeness (QED) is 0.273. The zero-order chi connectivity index (χ0) is 20.1. The van der Waals surface area contributed by atoms with Crippen LogP contribution >= 0.6 is 24.0 Å². The molecule has 160 valence electrons. The second kappa shape index (κ2) is 10.6. The van der Waals surface area contributed by atoms with E-state index in [9.17, 15) is 5.11 Å². The zero-order valence-electron chi connectivity index (χ0n) is 17.3. The number of guanidine groups is 1. The predicted octanol–water partition coefficient (Wildman–Crippen LogP) is 3.82. The van der Waals surface area contributed by atoms with Crippen LogP contribution in [0, 0.1) is 0 Å². The third kappa shape index (κ3) is 5.00. The molecule has 30 heavy (non-hydrogen) atoms. The molecule has 1 aliphatic rings. The van der Waals surface area contributed by atoms with Gasteiger partial charge >= 0.3 is 0 Å². The Kier molecular flexibility index (Phi) is 7.84. The topological polar surface area (TPSA) is 66.9 Å². The molecule has 0 aliphatic carbocycles. The molecule has 6 nitrogen and oxygen atoms in total. The summed E-state index contributed by atoms with van der Waals surface area (Å²) in [4.78, 5) is 12.8. The standard InChI is InChI=1S/C23H29N5O.HI/c1-2-24-23(25-12-11-18-17-26-20-8-4-3-7-19(18)20)28-15-13-27(14-16-28)21-9-5-6-10-22(21)29;/h3-10,17,26,29H,2,11-16H2,1H3,(H,24,25);1H. The van der Waals surface area contributed by atoms with Gasteiger partial charge in [0.15, 0.2) is 5.96 Å². The van der Waals surface area contributed by atoms with Crippen molar-refractivity contribution < 1.29 is 5.11 Å². The van der Waals surface area contributed by atoms with Crippen LogP contribution in [-0.4, -0.2) is 60.2 Å². The van der Waals surface area contributed by atoms with Crippen LogP contribution < -0.4 is 10.2 Å². The zero-order valence-corrected chi connectivity index (χ0v) is 19.7. The number of anilines is 1. The number of piperazine rings is 1. The number of aromatic nitrogens is 1. The van der Waals surface area contributed by atoms with Gasteiger partial charge in [0.2, 0.25) is 0 Å². The van der Waals surface area contributed by atoms with Gasteiger partial charge in [0.05, 0.1) is 5.69 Å². The highest BCUT2D eigenvalue weighted by molar-refractivity contribution is 14.0. The summed E-state index contributed by atoms with van der Waals surface area (Å²) in [6, 6.07) is 16.0. The van der Waals surface area contributed by atoms with Crippen molar-refractivity contribution in [1.82, 2.24) is 15.2 Å². The molecule has 0 amide bonds. The molecule has 1 aliphatic heterocycles. The predicted molar refractivity (Wildman–Crippen MR) is 135 cm³/mol. The Hall–Kier alpha value is -2.42. The van der Waals surface area contributed by atoms with Crippen LogP contribution in [0.3, 0.4) is 0 Å². The summed E-state index contributed by atoms with van der Waals surface area (Å²) in [5.41, 5.74) is 3.40. The van der Waals surface area contributed by atoms with Crippen molar-refractivity contribution in [2.75, 3.05) is 44.2 Å². The number of halogens is 1. The lowest BCUT2D eigenvalue weighted by Crippen LogP contribution is -2.52. The van der Waals surface area contributed by atoms with E-state index in [1.807, 2.05) is 18.2 Å². The van der Waals surface area contributed by atoms with Crippen molar-refractivity contribution in [1.29, 1.82) is 0 Å². The lowest BCUT2D eigenvalue weighted by Gasteiger charge is -2.37. The van der Waals surface area contributed by atoms with Crippen LogP contribution in [-0.2, 0) is 6.42 Å². The number of phenolic OH excluding ortho intramolecular Hbond substituents is 1. The molecule has 2 aromatic carbocycles. The third-order valence-electron chi connectivity index (χ3n) is 5.45. The lowest BCUT2D eigenvalue weighted by molar-refractivity contribution is 0.370. The van der Waals surface area contributed by atoms with Crippen LogP contribution in [0.5, 0.6) is 5.75 Å². The highest BCUT2D eigenvalue weighted by atomic mass is 127. The Morgan fingerprint density at radius 3 is 2.57 bits per heavy atom.